The normalized spacial score (nSPS) is 13.2. The molecule has 27 heavy (non-hydrogen) atoms. The first-order valence-corrected chi connectivity index (χ1v) is 9.48. The standard InChI is InChI=1S/C19H14N2O5S/c1-21-15-9-10-16(12-6-4-7-13(17(12)15)18(21)22)27(25,26)20-14-8-3-2-5-11(14)19(23)24/h2-10,20H,1H3,(H,23,24). The van der Waals surface area contributed by atoms with Crippen molar-refractivity contribution < 1.29 is 23.1 Å². The fraction of sp³-hybridized carbons (Fsp3) is 0.0526. The Hall–Kier alpha value is -3.39. The predicted molar refractivity (Wildman–Crippen MR) is 101 cm³/mol. The van der Waals surface area contributed by atoms with Crippen LogP contribution in [-0.4, -0.2) is 32.4 Å². The number of amides is 1. The van der Waals surface area contributed by atoms with Crippen LogP contribution in [0.1, 0.15) is 20.7 Å². The highest BCUT2D eigenvalue weighted by molar-refractivity contribution is 7.93. The summed E-state index contributed by atoms with van der Waals surface area (Å²) in [6.07, 6.45) is 0. The molecule has 0 aromatic heterocycles. The number of carbonyl (C=O) groups excluding carboxylic acids is 1. The van der Waals surface area contributed by atoms with Crippen molar-refractivity contribution in [1.82, 2.24) is 0 Å². The van der Waals surface area contributed by atoms with Crippen molar-refractivity contribution in [3.05, 3.63) is 65.7 Å². The fourth-order valence-corrected chi connectivity index (χ4v) is 4.59. The number of carbonyl (C=O) groups is 2. The summed E-state index contributed by atoms with van der Waals surface area (Å²) in [5.41, 5.74) is 0.895. The summed E-state index contributed by atoms with van der Waals surface area (Å²) in [7, 11) is -2.45. The average molecular weight is 382 g/mol. The molecule has 8 heteroatoms. The van der Waals surface area contributed by atoms with Gasteiger partial charge in [-0.3, -0.25) is 9.52 Å². The van der Waals surface area contributed by atoms with Gasteiger partial charge in [0.2, 0.25) is 0 Å². The first-order valence-electron chi connectivity index (χ1n) is 8.00. The van der Waals surface area contributed by atoms with Gasteiger partial charge in [-0.2, -0.15) is 0 Å². The number of nitrogens with zero attached hydrogens (tertiary/aromatic N) is 1. The molecule has 4 rings (SSSR count). The zero-order valence-electron chi connectivity index (χ0n) is 14.1. The van der Waals surface area contributed by atoms with Crippen LogP contribution in [0.4, 0.5) is 11.4 Å². The van der Waals surface area contributed by atoms with Gasteiger partial charge in [-0.15, -0.1) is 0 Å². The van der Waals surface area contributed by atoms with Crippen molar-refractivity contribution in [1.29, 1.82) is 0 Å². The number of para-hydroxylation sites is 1. The van der Waals surface area contributed by atoms with Gasteiger partial charge in [-0.1, -0.05) is 24.3 Å². The molecule has 1 amide bonds. The summed E-state index contributed by atoms with van der Waals surface area (Å²) < 4.78 is 28.3. The number of carboxylic acid groups (broad SMARTS) is 1. The van der Waals surface area contributed by atoms with Crippen molar-refractivity contribution >= 4 is 44.0 Å². The van der Waals surface area contributed by atoms with Crippen LogP contribution in [0.25, 0.3) is 10.8 Å². The lowest BCUT2D eigenvalue weighted by Gasteiger charge is -2.14. The van der Waals surface area contributed by atoms with E-state index < -0.39 is 16.0 Å². The van der Waals surface area contributed by atoms with Crippen LogP contribution in [0, 0.1) is 0 Å². The van der Waals surface area contributed by atoms with Crippen LogP contribution < -0.4 is 9.62 Å². The maximum atomic E-state index is 13.0. The molecule has 1 heterocycles. The molecule has 0 unspecified atom stereocenters. The van der Waals surface area contributed by atoms with Crippen LogP contribution in [0.3, 0.4) is 0 Å². The predicted octanol–water partition coefficient (Wildman–Crippen LogP) is 2.93. The van der Waals surface area contributed by atoms with Crippen LogP contribution in [0.5, 0.6) is 0 Å². The van der Waals surface area contributed by atoms with Crippen LogP contribution in [-0.2, 0) is 10.0 Å². The molecule has 3 aromatic carbocycles. The number of hydrogen-bond donors (Lipinski definition) is 2. The highest BCUT2D eigenvalue weighted by Gasteiger charge is 2.30. The number of sulfonamides is 1. The Morgan fingerprint density at radius 1 is 1.04 bits per heavy atom. The molecule has 0 radical (unpaired) electrons. The topological polar surface area (TPSA) is 104 Å². The SMILES string of the molecule is CN1C(=O)c2cccc3c(S(=O)(=O)Nc4ccccc4C(=O)O)ccc1c23. The minimum atomic E-state index is -4.08. The van der Waals surface area contributed by atoms with E-state index in [-0.39, 0.29) is 22.1 Å². The number of benzene rings is 3. The third-order valence-electron chi connectivity index (χ3n) is 4.57. The Morgan fingerprint density at radius 2 is 1.78 bits per heavy atom. The average Bonchev–Trinajstić information content (AvgIpc) is 2.88. The van der Waals surface area contributed by atoms with Gasteiger partial charge in [-0.05, 0) is 30.3 Å². The van der Waals surface area contributed by atoms with Crippen LogP contribution in [0.2, 0.25) is 0 Å². The Bertz CT molecular complexity index is 1230. The molecule has 7 nitrogen and oxygen atoms in total. The number of carboxylic acids is 1. The minimum Gasteiger partial charge on any atom is -0.478 e. The second-order valence-corrected chi connectivity index (χ2v) is 7.78. The molecule has 1 aliphatic heterocycles. The molecule has 0 fully saturated rings. The zero-order chi connectivity index (χ0) is 19.3. The second-order valence-electron chi connectivity index (χ2n) is 6.13. The van der Waals surface area contributed by atoms with E-state index in [1.807, 2.05) is 0 Å². The molecule has 1 aliphatic rings. The highest BCUT2D eigenvalue weighted by Crippen LogP contribution is 2.39. The molecule has 0 saturated carbocycles. The van der Waals surface area contributed by atoms with E-state index in [2.05, 4.69) is 4.72 Å². The second kappa shape index (κ2) is 5.82. The number of nitrogens with one attached hydrogen (secondary N) is 1. The molecule has 0 aliphatic carbocycles. The Balaban J connectivity index is 1.89. The van der Waals surface area contributed by atoms with Crippen molar-refractivity contribution in [3.8, 4) is 0 Å². The molecule has 0 saturated heterocycles. The van der Waals surface area contributed by atoms with E-state index in [0.29, 0.717) is 22.0 Å². The van der Waals surface area contributed by atoms with Gasteiger partial charge in [0.15, 0.2) is 0 Å². The highest BCUT2D eigenvalue weighted by atomic mass is 32.2. The van der Waals surface area contributed by atoms with Crippen molar-refractivity contribution in [2.45, 2.75) is 4.90 Å². The smallest absolute Gasteiger partial charge is 0.337 e. The Kier molecular flexibility index (Phi) is 3.67. The summed E-state index contributed by atoms with van der Waals surface area (Å²) in [6.45, 7) is 0. The lowest BCUT2D eigenvalue weighted by atomic mass is 10.1. The monoisotopic (exact) mass is 382 g/mol. The summed E-state index contributed by atoms with van der Waals surface area (Å²) in [5.74, 6) is -1.43. The van der Waals surface area contributed by atoms with Crippen molar-refractivity contribution in [2.75, 3.05) is 16.7 Å². The van der Waals surface area contributed by atoms with Crippen LogP contribution in [0.15, 0.2) is 59.5 Å². The van der Waals surface area contributed by atoms with E-state index in [1.165, 1.54) is 29.2 Å². The van der Waals surface area contributed by atoms with Gasteiger partial charge in [0, 0.05) is 23.4 Å². The van der Waals surface area contributed by atoms with Gasteiger partial charge >= 0.3 is 5.97 Å². The summed E-state index contributed by atoms with van der Waals surface area (Å²) in [5, 5.41) is 10.2. The number of anilines is 2. The van der Waals surface area contributed by atoms with Gasteiger partial charge in [0.1, 0.15) is 0 Å². The summed E-state index contributed by atoms with van der Waals surface area (Å²) >= 11 is 0. The van der Waals surface area contributed by atoms with E-state index in [9.17, 15) is 23.1 Å². The van der Waals surface area contributed by atoms with Gasteiger partial charge in [0.25, 0.3) is 15.9 Å². The first kappa shape index (κ1) is 17.0. The van der Waals surface area contributed by atoms with E-state index in [4.69, 9.17) is 0 Å². The van der Waals surface area contributed by atoms with Crippen molar-refractivity contribution in [2.24, 2.45) is 0 Å². The minimum absolute atomic E-state index is 0.0219. The summed E-state index contributed by atoms with van der Waals surface area (Å²) in [6, 6.07) is 13.7. The maximum absolute atomic E-state index is 13.0. The van der Waals surface area contributed by atoms with E-state index >= 15 is 0 Å². The Labute approximate surface area is 154 Å². The molecule has 0 spiro atoms. The molecular weight excluding hydrogens is 368 g/mol. The molecule has 0 atom stereocenters. The molecular formula is C19H14N2O5S. The number of aromatic carboxylic acids is 1. The Morgan fingerprint density at radius 3 is 2.52 bits per heavy atom. The number of rotatable bonds is 4. The molecule has 3 aromatic rings. The van der Waals surface area contributed by atoms with E-state index in [1.54, 1.807) is 37.4 Å². The summed E-state index contributed by atoms with van der Waals surface area (Å²) in [4.78, 5) is 25.1. The quantitative estimate of drug-likeness (QED) is 0.722. The number of hydrogen-bond acceptors (Lipinski definition) is 4. The maximum Gasteiger partial charge on any atom is 0.337 e. The lowest BCUT2D eigenvalue weighted by molar-refractivity contribution is 0.0698. The largest absolute Gasteiger partial charge is 0.478 e. The zero-order valence-corrected chi connectivity index (χ0v) is 14.9. The third-order valence-corrected chi connectivity index (χ3v) is 5.99. The molecule has 136 valence electrons. The fourth-order valence-electron chi connectivity index (χ4n) is 3.30. The van der Waals surface area contributed by atoms with E-state index in [0.717, 1.165) is 0 Å². The molecule has 0 bridgehead atoms. The molecule has 2 N–H and O–H groups in total. The van der Waals surface area contributed by atoms with Gasteiger partial charge in [0.05, 0.1) is 21.8 Å². The lowest BCUT2D eigenvalue weighted by Crippen LogP contribution is -2.20. The van der Waals surface area contributed by atoms with Gasteiger partial charge in [-0.25, -0.2) is 13.2 Å². The van der Waals surface area contributed by atoms with Crippen LogP contribution >= 0.6 is 0 Å². The third kappa shape index (κ3) is 2.53. The van der Waals surface area contributed by atoms with Gasteiger partial charge < -0.3 is 10.0 Å². The van der Waals surface area contributed by atoms with Crippen molar-refractivity contribution in [3.63, 3.8) is 0 Å². The first-order chi connectivity index (χ1) is 12.8.